The molecule has 138 valence electrons. The lowest BCUT2D eigenvalue weighted by molar-refractivity contribution is -0.608. The van der Waals surface area contributed by atoms with Crippen LogP contribution in [-0.2, 0) is 16.0 Å². The third-order valence-corrected chi connectivity index (χ3v) is 4.10. The average Bonchev–Trinajstić information content (AvgIpc) is 2.64. The van der Waals surface area contributed by atoms with Gasteiger partial charge >= 0.3 is 11.7 Å². The van der Waals surface area contributed by atoms with Crippen molar-refractivity contribution in [3.8, 4) is 0 Å². The number of nitrogens with zero attached hydrogens (tertiary/aromatic N) is 1. The van der Waals surface area contributed by atoms with Crippen LogP contribution >= 0.6 is 0 Å². The van der Waals surface area contributed by atoms with Crippen LogP contribution in [0.25, 0.3) is 0 Å². The molecular formula is C20H24N2O4. The van der Waals surface area contributed by atoms with E-state index >= 15 is 0 Å². The molecule has 26 heavy (non-hydrogen) atoms. The highest BCUT2D eigenvalue weighted by Crippen LogP contribution is 2.22. The average molecular weight is 356 g/mol. The van der Waals surface area contributed by atoms with Crippen molar-refractivity contribution in [2.75, 3.05) is 6.61 Å². The molecule has 2 rings (SSSR count). The van der Waals surface area contributed by atoms with Crippen molar-refractivity contribution in [3.63, 3.8) is 0 Å². The summed E-state index contributed by atoms with van der Waals surface area (Å²) >= 11 is 0. The van der Waals surface area contributed by atoms with Crippen molar-refractivity contribution in [1.29, 1.82) is 0 Å². The molecule has 1 N–H and O–H groups in total. The second-order valence-electron chi connectivity index (χ2n) is 6.37. The molecule has 0 aliphatic carbocycles. The molecule has 1 atom stereocenters. The lowest BCUT2D eigenvalue weighted by Gasteiger charge is -2.23. The van der Waals surface area contributed by atoms with Crippen LogP contribution in [0.5, 0.6) is 0 Å². The Bertz CT molecular complexity index is 757. The van der Waals surface area contributed by atoms with Gasteiger partial charge in [-0.05, 0) is 29.5 Å². The minimum Gasteiger partial charge on any atom is -0.618 e. The second-order valence-corrected chi connectivity index (χ2v) is 6.37. The van der Waals surface area contributed by atoms with Crippen LogP contribution in [0.1, 0.15) is 48.4 Å². The van der Waals surface area contributed by atoms with Gasteiger partial charge in [0, 0.05) is 12.1 Å². The summed E-state index contributed by atoms with van der Waals surface area (Å²) in [7, 11) is 0. The molecule has 1 heterocycles. The highest BCUT2D eigenvalue weighted by Gasteiger charge is 2.21. The molecule has 1 amide bonds. The molecule has 0 saturated heterocycles. The van der Waals surface area contributed by atoms with Crippen molar-refractivity contribution in [3.05, 3.63) is 70.7 Å². The Morgan fingerprint density at radius 3 is 2.42 bits per heavy atom. The number of nitrogens with one attached hydrogen (secondary N) is 1. The van der Waals surface area contributed by atoms with Gasteiger partial charge in [0.05, 0.1) is 6.04 Å². The van der Waals surface area contributed by atoms with Gasteiger partial charge < -0.3 is 15.3 Å². The molecule has 0 aliphatic rings. The monoisotopic (exact) mass is 356 g/mol. The molecule has 0 bridgehead atoms. The first kappa shape index (κ1) is 19.4. The number of carbonyl (C=O) groups excluding carboxylic acids is 2. The fourth-order valence-corrected chi connectivity index (χ4v) is 2.60. The van der Waals surface area contributed by atoms with Gasteiger partial charge in [-0.1, -0.05) is 45.0 Å². The molecule has 0 unspecified atom stereocenters. The molecule has 1 aromatic carbocycles. The van der Waals surface area contributed by atoms with Gasteiger partial charge in [0.1, 0.15) is 0 Å². The van der Waals surface area contributed by atoms with E-state index in [9.17, 15) is 14.8 Å². The number of benzene rings is 1. The Morgan fingerprint density at radius 2 is 1.85 bits per heavy atom. The predicted octanol–water partition coefficient (Wildman–Crippen LogP) is 2.55. The van der Waals surface area contributed by atoms with Gasteiger partial charge in [-0.3, -0.25) is 4.79 Å². The highest BCUT2D eigenvalue weighted by atomic mass is 16.5. The SMILES string of the molecule is CCc1ccc([C@H](NC(=O)COC(=O)c2cccc[n+]2[O-])C(C)C)cc1. The summed E-state index contributed by atoms with van der Waals surface area (Å²) in [6.45, 7) is 5.66. The molecule has 2 aromatic rings. The Labute approximate surface area is 153 Å². The number of ether oxygens (including phenoxy) is 1. The van der Waals surface area contributed by atoms with Crippen LogP contribution in [-0.4, -0.2) is 18.5 Å². The molecule has 0 saturated carbocycles. The molecule has 6 heteroatoms. The lowest BCUT2D eigenvalue weighted by Crippen LogP contribution is -2.37. The first-order chi connectivity index (χ1) is 12.4. The number of hydrogen-bond acceptors (Lipinski definition) is 4. The number of aromatic nitrogens is 1. The minimum absolute atomic E-state index is 0.157. The molecule has 6 nitrogen and oxygen atoms in total. The summed E-state index contributed by atoms with van der Waals surface area (Å²) in [5.41, 5.74) is 2.07. The quantitative estimate of drug-likeness (QED) is 0.469. The van der Waals surface area contributed by atoms with Crippen molar-refractivity contribution < 1.29 is 19.1 Å². The zero-order valence-corrected chi connectivity index (χ0v) is 15.3. The standard InChI is InChI=1S/C20H24N2O4/c1-4-15-8-10-16(11-9-15)19(14(2)3)21-18(23)13-26-20(24)17-7-5-6-12-22(17)25/h5-12,14,19H,4,13H2,1-3H3,(H,21,23)/t19-/m1/s1. The van der Waals surface area contributed by atoms with Crippen molar-refractivity contribution in [1.82, 2.24) is 5.32 Å². The summed E-state index contributed by atoms with van der Waals surface area (Å²) in [5.74, 6) is -1.07. The van der Waals surface area contributed by atoms with Gasteiger partial charge in [0.2, 0.25) is 0 Å². The van der Waals surface area contributed by atoms with E-state index in [0.29, 0.717) is 4.73 Å². The van der Waals surface area contributed by atoms with E-state index in [1.54, 1.807) is 6.07 Å². The Morgan fingerprint density at radius 1 is 1.15 bits per heavy atom. The Kier molecular flexibility index (Phi) is 6.72. The number of hydrogen-bond donors (Lipinski definition) is 1. The van der Waals surface area contributed by atoms with Crippen LogP contribution < -0.4 is 10.0 Å². The largest absolute Gasteiger partial charge is 0.618 e. The predicted molar refractivity (Wildman–Crippen MR) is 97.2 cm³/mol. The van der Waals surface area contributed by atoms with Crippen molar-refractivity contribution in [2.45, 2.75) is 33.2 Å². The smallest absolute Gasteiger partial charge is 0.405 e. The minimum atomic E-state index is -0.829. The third-order valence-electron chi connectivity index (χ3n) is 4.10. The number of carbonyl (C=O) groups is 2. The van der Waals surface area contributed by atoms with E-state index in [-0.39, 0.29) is 17.7 Å². The highest BCUT2D eigenvalue weighted by molar-refractivity contribution is 5.88. The maximum Gasteiger partial charge on any atom is 0.405 e. The summed E-state index contributed by atoms with van der Waals surface area (Å²) < 4.78 is 5.36. The lowest BCUT2D eigenvalue weighted by atomic mass is 9.95. The first-order valence-electron chi connectivity index (χ1n) is 8.66. The summed E-state index contributed by atoms with van der Waals surface area (Å²) in [6, 6.07) is 12.3. The maximum atomic E-state index is 12.2. The van der Waals surface area contributed by atoms with Gasteiger partial charge in [-0.15, -0.1) is 0 Å². The first-order valence-corrected chi connectivity index (χ1v) is 8.66. The number of amides is 1. The summed E-state index contributed by atoms with van der Waals surface area (Å²) in [4.78, 5) is 24.1. The van der Waals surface area contributed by atoms with Gasteiger partial charge in [-0.25, -0.2) is 4.79 Å². The van der Waals surface area contributed by atoms with Crippen LogP contribution in [0.15, 0.2) is 48.7 Å². The van der Waals surface area contributed by atoms with Gasteiger partial charge in [0.25, 0.3) is 5.91 Å². The molecule has 1 aromatic heterocycles. The van der Waals surface area contributed by atoms with E-state index < -0.39 is 18.5 Å². The van der Waals surface area contributed by atoms with Crippen LogP contribution in [0.4, 0.5) is 0 Å². The number of esters is 1. The van der Waals surface area contributed by atoms with E-state index in [2.05, 4.69) is 12.2 Å². The number of aryl methyl sites for hydroxylation is 1. The van der Waals surface area contributed by atoms with Crippen LogP contribution in [0.3, 0.4) is 0 Å². The van der Waals surface area contributed by atoms with Crippen molar-refractivity contribution in [2.24, 2.45) is 5.92 Å². The van der Waals surface area contributed by atoms with Crippen LogP contribution in [0.2, 0.25) is 0 Å². The fraction of sp³-hybridized carbons (Fsp3) is 0.350. The zero-order chi connectivity index (χ0) is 19.1. The third kappa shape index (κ3) is 5.05. The second kappa shape index (κ2) is 8.99. The maximum absolute atomic E-state index is 12.2. The molecular weight excluding hydrogens is 332 g/mol. The Hall–Kier alpha value is -2.89. The van der Waals surface area contributed by atoms with E-state index in [4.69, 9.17) is 4.74 Å². The zero-order valence-electron chi connectivity index (χ0n) is 15.3. The number of pyridine rings is 1. The number of rotatable bonds is 7. The summed E-state index contributed by atoms with van der Waals surface area (Å²) in [5, 5.41) is 14.4. The molecule has 0 spiro atoms. The van der Waals surface area contributed by atoms with E-state index in [0.717, 1.165) is 12.0 Å². The molecule has 0 aliphatic heterocycles. The Balaban J connectivity index is 1.97. The topological polar surface area (TPSA) is 82.3 Å². The van der Waals surface area contributed by atoms with E-state index in [1.807, 2.05) is 38.1 Å². The summed E-state index contributed by atoms with van der Waals surface area (Å²) in [6.07, 6.45) is 2.15. The molecule has 0 radical (unpaired) electrons. The molecule has 0 fully saturated rings. The van der Waals surface area contributed by atoms with Gasteiger partial charge in [0.15, 0.2) is 12.8 Å². The van der Waals surface area contributed by atoms with E-state index in [1.165, 1.54) is 23.9 Å². The van der Waals surface area contributed by atoms with Gasteiger partial charge in [-0.2, -0.15) is 4.73 Å². The van der Waals surface area contributed by atoms with Crippen molar-refractivity contribution >= 4 is 11.9 Å². The fourth-order valence-electron chi connectivity index (χ4n) is 2.60. The van der Waals surface area contributed by atoms with Crippen LogP contribution in [0, 0.1) is 11.1 Å². The normalized spacial score (nSPS) is 11.8.